The predicted octanol–water partition coefficient (Wildman–Crippen LogP) is 3.78. The zero-order valence-electron chi connectivity index (χ0n) is 14.0. The van der Waals surface area contributed by atoms with Gasteiger partial charge in [0.15, 0.2) is 11.7 Å². The van der Waals surface area contributed by atoms with E-state index in [-0.39, 0.29) is 41.7 Å². The minimum Gasteiger partial charge on any atom is -0.370 e. The van der Waals surface area contributed by atoms with Gasteiger partial charge in [0.2, 0.25) is 0 Å². The Morgan fingerprint density at radius 2 is 1.96 bits per heavy atom. The smallest absolute Gasteiger partial charge is 0.193 e. The summed E-state index contributed by atoms with van der Waals surface area (Å²) in [5.41, 5.74) is 5.71. The van der Waals surface area contributed by atoms with E-state index in [1.54, 1.807) is 0 Å². The molecule has 1 aliphatic carbocycles. The summed E-state index contributed by atoms with van der Waals surface area (Å²) in [6.45, 7) is 0.794. The van der Waals surface area contributed by atoms with E-state index >= 15 is 0 Å². The number of benzene rings is 1. The summed E-state index contributed by atoms with van der Waals surface area (Å²) in [7, 11) is 0. The molecule has 1 aromatic carbocycles. The summed E-state index contributed by atoms with van der Waals surface area (Å²) in [5, 5.41) is 2.57. The first-order chi connectivity index (χ1) is 11.6. The van der Waals surface area contributed by atoms with Gasteiger partial charge in [-0.05, 0) is 25.0 Å². The Morgan fingerprint density at radius 1 is 1.24 bits per heavy atom. The van der Waals surface area contributed by atoms with Crippen molar-refractivity contribution in [2.45, 2.75) is 50.4 Å². The van der Waals surface area contributed by atoms with Gasteiger partial charge in [0.1, 0.15) is 17.7 Å². The maximum absolute atomic E-state index is 13.6. The van der Waals surface area contributed by atoms with Crippen LogP contribution in [0.1, 0.15) is 38.5 Å². The Morgan fingerprint density at radius 3 is 2.68 bits per heavy atom. The predicted molar refractivity (Wildman–Crippen MR) is 103 cm³/mol. The topological polar surface area (TPSA) is 68.9 Å². The molecule has 0 bridgehead atoms. The van der Waals surface area contributed by atoms with Gasteiger partial charge in [0.05, 0.1) is 18.8 Å². The van der Waals surface area contributed by atoms with E-state index in [2.05, 4.69) is 10.3 Å². The zero-order chi connectivity index (χ0) is 17.0. The van der Waals surface area contributed by atoms with Crippen molar-refractivity contribution in [2.75, 3.05) is 18.5 Å². The van der Waals surface area contributed by atoms with Gasteiger partial charge in [-0.15, -0.1) is 24.0 Å². The minimum absolute atomic E-state index is 0. The SMILES string of the molecule is I.NC(=NCC1COC2(CCCCCC2)O1)Nc1cc(F)ccc1F. The average molecular weight is 467 g/mol. The van der Waals surface area contributed by atoms with Gasteiger partial charge in [0.25, 0.3) is 0 Å². The molecule has 1 spiro atoms. The fourth-order valence-electron chi connectivity index (χ4n) is 3.21. The molecule has 1 aliphatic heterocycles. The molecule has 1 heterocycles. The number of halogens is 3. The first kappa shape index (κ1) is 20.3. The molecule has 3 N–H and O–H groups in total. The number of hydrogen-bond acceptors (Lipinski definition) is 3. The Labute approximate surface area is 163 Å². The van der Waals surface area contributed by atoms with Crippen molar-refractivity contribution in [1.29, 1.82) is 0 Å². The van der Waals surface area contributed by atoms with Crippen molar-refractivity contribution in [3.8, 4) is 0 Å². The number of anilines is 1. The van der Waals surface area contributed by atoms with Crippen molar-refractivity contribution < 1.29 is 18.3 Å². The van der Waals surface area contributed by atoms with Gasteiger partial charge in [-0.25, -0.2) is 8.78 Å². The van der Waals surface area contributed by atoms with Crippen molar-refractivity contribution in [3.05, 3.63) is 29.8 Å². The third-order valence-electron chi connectivity index (χ3n) is 4.44. The van der Waals surface area contributed by atoms with E-state index in [4.69, 9.17) is 15.2 Å². The van der Waals surface area contributed by atoms with E-state index in [0.717, 1.165) is 43.9 Å². The van der Waals surface area contributed by atoms with Gasteiger partial charge in [-0.3, -0.25) is 4.99 Å². The highest BCUT2D eigenvalue weighted by Crippen LogP contribution is 2.36. The number of rotatable bonds is 3. The largest absolute Gasteiger partial charge is 0.370 e. The summed E-state index contributed by atoms with van der Waals surface area (Å²) in [4.78, 5) is 4.16. The Bertz CT molecular complexity index is 608. The Balaban J connectivity index is 0.00000225. The van der Waals surface area contributed by atoms with Crippen LogP contribution in [0.3, 0.4) is 0 Å². The minimum atomic E-state index is -0.590. The van der Waals surface area contributed by atoms with Crippen LogP contribution < -0.4 is 11.1 Å². The molecule has 3 rings (SSSR count). The zero-order valence-corrected chi connectivity index (χ0v) is 16.3. The molecular formula is C17H24F2IN3O2. The molecule has 0 aromatic heterocycles. The van der Waals surface area contributed by atoms with Crippen molar-refractivity contribution in [3.63, 3.8) is 0 Å². The number of nitrogens with two attached hydrogens (primary N) is 1. The summed E-state index contributed by atoms with van der Waals surface area (Å²) >= 11 is 0. The lowest BCUT2D eigenvalue weighted by atomic mass is 10.1. The molecule has 1 atom stereocenters. The van der Waals surface area contributed by atoms with E-state index in [0.29, 0.717) is 13.2 Å². The highest BCUT2D eigenvalue weighted by atomic mass is 127. The first-order valence-electron chi connectivity index (χ1n) is 8.40. The van der Waals surface area contributed by atoms with Crippen LogP contribution in [-0.2, 0) is 9.47 Å². The lowest BCUT2D eigenvalue weighted by molar-refractivity contribution is -0.174. The van der Waals surface area contributed by atoms with Crippen LogP contribution in [0.5, 0.6) is 0 Å². The average Bonchev–Trinajstić information content (AvgIpc) is 2.81. The fourth-order valence-corrected chi connectivity index (χ4v) is 3.21. The van der Waals surface area contributed by atoms with Gasteiger partial charge in [0, 0.05) is 18.9 Å². The van der Waals surface area contributed by atoms with Gasteiger partial charge >= 0.3 is 0 Å². The summed E-state index contributed by atoms with van der Waals surface area (Å²) in [5.74, 6) is -1.58. The second-order valence-corrected chi connectivity index (χ2v) is 6.35. The highest BCUT2D eigenvalue weighted by Gasteiger charge is 2.41. The quantitative estimate of drug-likeness (QED) is 0.404. The maximum Gasteiger partial charge on any atom is 0.193 e. The van der Waals surface area contributed by atoms with Gasteiger partial charge in [-0.2, -0.15) is 0 Å². The van der Waals surface area contributed by atoms with Crippen LogP contribution >= 0.6 is 24.0 Å². The van der Waals surface area contributed by atoms with E-state index in [1.165, 1.54) is 12.8 Å². The summed E-state index contributed by atoms with van der Waals surface area (Å²) in [6, 6.07) is 3.12. The Kier molecular flexibility index (Phi) is 7.38. The molecule has 1 saturated carbocycles. The molecule has 2 fully saturated rings. The molecule has 0 radical (unpaired) electrons. The van der Waals surface area contributed by atoms with E-state index in [1.807, 2.05) is 0 Å². The number of nitrogens with one attached hydrogen (secondary N) is 1. The van der Waals surface area contributed by atoms with Crippen LogP contribution in [0.2, 0.25) is 0 Å². The molecule has 2 aliphatic rings. The third kappa shape index (κ3) is 5.49. The molecule has 140 valence electrons. The van der Waals surface area contributed by atoms with Crippen molar-refractivity contribution >= 4 is 35.6 Å². The van der Waals surface area contributed by atoms with E-state index in [9.17, 15) is 8.78 Å². The van der Waals surface area contributed by atoms with Crippen molar-refractivity contribution in [1.82, 2.24) is 0 Å². The molecule has 25 heavy (non-hydrogen) atoms. The number of nitrogens with zero attached hydrogens (tertiary/aromatic N) is 1. The third-order valence-corrected chi connectivity index (χ3v) is 4.44. The van der Waals surface area contributed by atoms with Gasteiger partial charge in [-0.1, -0.05) is 12.8 Å². The normalized spacial score (nSPS) is 23.1. The van der Waals surface area contributed by atoms with Crippen LogP contribution in [0, 0.1) is 11.6 Å². The second kappa shape index (κ2) is 9.09. The molecular weight excluding hydrogens is 443 g/mol. The molecule has 0 amide bonds. The second-order valence-electron chi connectivity index (χ2n) is 6.35. The molecule has 5 nitrogen and oxygen atoms in total. The number of guanidine groups is 1. The lowest BCUT2D eigenvalue weighted by Crippen LogP contribution is -2.31. The van der Waals surface area contributed by atoms with Crippen molar-refractivity contribution in [2.24, 2.45) is 10.7 Å². The monoisotopic (exact) mass is 467 g/mol. The number of aliphatic imine (C=N–C) groups is 1. The first-order valence-corrected chi connectivity index (χ1v) is 8.40. The van der Waals surface area contributed by atoms with Gasteiger partial charge < -0.3 is 20.5 Å². The fraction of sp³-hybridized carbons (Fsp3) is 0.588. The Hall–Kier alpha value is -1.00. The maximum atomic E-state index is 13.6. The van der Waals surface area contributed by atoms with Crippen LogP contribution in [0.15, 0.2) is 23.2 Å². The van der Waals surface area contributed by atoms with Crippen LogP contribution in [-0.4, -0.2) is 31.0 Å². The lowest BCUT2D eigenvalue weighted by Gasteiger charge is -2.26. The number of ether oxygens (including phenoxy) is 2. The molecule has 1 saturated heterocycles. The summed E-state index contributed by atoms with van der Waals surface area (Å²) < 4.78 is 38.7. The van der Waals surface area contributed by atoms with E-state index < -0.39 is 17.4 Å². The molecule has 8 heteroatoms. The van der Waals surface area contributed by atoms with Crippen LogP contribution in [0.4, 0.5) is 14.5 Å². The van der Waals surface area contributed by atoms with Crippen LogP contribution in [0.25, 0.3) is 0 Å². The number of hydrogen-bond donors (Lipinski definition) is 2. The molecule has 1 unspecified atom stereocenters. The standard InChI is InChI=1S/C17H23F2N3O2.HI/c18-12-5-6-14(19)15(9-12)22-16(20)21-10-13-11-23-17(24-13)7-3-1-2-4-8-17;/h5-6,9,13H,1-4,7-8,10-11H2,(H3,20,21,22);1H. The molecule has 1 aromatic rings. The summed E-state index contributed by atoms with van der Waals surface area (Å²) in [6.07, 6.45) is 6.31. The highest BCUT2D eigenvalue weighted by molar-refractivity contribution is 14.0.